The van der Waals surface area contributed by atoms with Crippen LogP contribution in [0.2, 0.25) is 0 Å². The van der Waals surface area contributed by atoms with Crippen molar-refractivity contribution in [2.75, 3.05) is 31.9 Å². The van der Waals surface area contributed by atoms with Crippen LogP contribution in [0.15, 0.2) is 91.1 Å². The van der Waals surface area contributed by atoms with Gasteiger partial charge in [0.1, 0.15) is 11.3 Å². The van der Waals surface area contributed by atoms with Crippen LogP contribution >= 0.6 is 0 Å². The highest BCUT2D eigenvalue weighted by Crippen LogP contribution is 2.39. The van der Waals surface area contributed by atoms with E-state index in [1.54, 1.807) is 6.20 Å². The summed E-state index contributed by atoms with van der Waals surface area (Å²) in [5.74, 6) is 1.23. The first-order valence-electron chi connectivity index (χ1n) is 13.7. The molecule has 0 saturated carbocycles. The summed E-state index contributed by atoms with van der Waals surface area (Å²) < 4.78 is 2.09. The zero-order valence-corrected chi connectivity index (χ0v) is 22.4. The number of anilines is 1. The van der Waals surface area contributed by atoms with Crippen LogP contribution in [0, 0.1) is 12.3 Å². The van der Waals surface area contributed by atoms with Crippen LogP contribution in [0.5, 0.6) is 0 Å². The van der Waals surface area contributed by atoms with Gasteiger partial charge in [0.15, 0.2) is 11.5 Å². The Morgan fingerprint density at radius 3 is 2.21 bits per heavy atom. The fourth-order valence-corrected chi connectivity index (χ4v) is 5.76. The summed E-state index contributed by atoms with van der Waals surface area (Å²) in [7, 11) is 0. The van der Waals surface area contributed by atoms with Gasteiger partial charge in [0.2, 0.25) is 0 Å². The fourth-order valence-electron chi connectivity index (χ4n) is 5.76. The van der Waals surface area contributed by atoms with Crippen LogP contribution in [0.4, 0.5) is 5.82 Å². The molecule has 198 valence electrons. The molecule has 1 spiro atoms. The van der Waals surface area contributed by atoms with Crippen LogP contribution in [0.1, 0.15) is 24.1 Å². The third-order valence-electron chi connectivity index (χ3n) is 7.77. The molecular weight excluding hydrogens is 482 g/mol. The van der Waals surface area contributed by atoms with Gasteiger partial charge in [-0.15, -0.1) is 0 Å². The van der Waals surface area contributed by atoms with Crippen LogP contribution in [-0.4, -0.2) is 50.6 Å². The monoisotopic (exact) mass is 517 g/mol. The number of likely N-dealkylation sites (tertiary alicyclic amines) is 1. The largest absolute Gasteiger partial charge is 0.383 e. The average molecular weight is 518 g/mol. The van der Waals surface area contributed by atoms with Crippen LogP contribution < -0.4 is 11.1 Å². The maximum Gasteiger partial charge on any atom is 0.165 e. The van der Waals surface area contributed by atoms with Gasteiger partial charge in [-0.05, 0) is 80.2 Å². The Bertz CT molecular complexity index is 1500. The van der Waals surface area contributed by atoms with Crippen molar-refractivity contribution in [3.05, 3.63) is 102 Å². The van der Waals surface area contributed by atoms with Crippen LogP contribution in [0.25, 0.3) is 28.2 Å². The second-order valence-corrected chi connectivity index (χ2v) is 10.7. The molecule has 0 atom stereocenters. The van der Waals surface area contributed by atoms with Gasteiger partial charge in [0, 0.05) is 37.2 Å². The standard InChI is InChI=1S/C26H29N7.C6H6/c1-18-4-9-22-25(30-18)33(24(31-22)21-3-2-12-29-23(21)27)20-7-5-19(6-8-20)15-32-16-26(17-32)10-13-28-14-11-26;1-2-4-6-5-3-1/h2-9,12,28H,10-11,13-17H2,1H3,(H2,27,29);1-6H. The third kappa shape index (κ3) is 5.41. The van der Waals surface area contributed by atoms with E-state index in [1.165, 1.54) is 44.6 Å². The summed E-state index contributed by atoms with van der Waals surface area (Å²) in [5.41, 5.74) is 12.6. The topological polar surface area (TPSA) is 84.9 Å². The molecule has 7 nitrogen and oxygen atoms in total. The minimum atomic E-state index is 0.465. The number of piperidine rings is 1. The molecule has 0 unspecified atom stereocenters. The highest BCUT2D eigenvalue weighted by atomic mass is 15.2. The molecule has 0 radical (unpaired) electrons. The highest BCUT2D eigenvalue weighted by Gasteiger charge is 2.42. The number of nitrogens with two attached hydrogens (primary N) is 1. The lowest BCUT2D eigenvalue weighted by Gasteiger charge is -2.52. The number of hydrogen-bond acceptors (Lipinski definition) is 6. The number of nitrogen functional groups attached to an aromatic ring is 1. The van der Waals surface area contributed by atoms with Crippen LogP contribution in [0.3, 0.4) is 0 Å². The lowest BCUT2D eigenvalue weighted by Crippen LogP contribution is -2.59. The number of hydrogen-bond donors (Lipinski definition) is 2. The van der Waals surface area contributed by atoms with E-state index in [0.29, 0.717) is 11.2 Å². The molecule has 2 aliphatic rings. The van der Waals surface area contributed by atoms with Gasteiger partial charge in [-0.25, -0.2) is 15.0 Å². The molecule has 0 aliphatic carbocycles. The minimum Gasteiger partial charge on any atom is -0.383 e. The molecule has 2 fully saturated rings. The van der Waals surface area contributed by atoms with Crippen molar-refractivity contribution in [1.29, 1.82) is 0 Å². The number of rotatable bonds is 4. The van der Waals surface area contributed by atoms with Gasteiger partial charge in [0.05, 0.1) is 5.56 Å². The first kappa shape index (κ1) is 25.2. The SMILES string of the molecule is Cc1ccc2nc(-c3cccnc3N)n(-c3ccc(CN4CC5(CCNCC5)C4)cc3)c2n1.c1ccccc1. The number of pyridine rings is 2. The Balaban J connectivity index is 0.000000410. The van der Waals surface area contributed by atoms with Crippen molar-refractivity contribution in [1.82, 2.24) is 29.7 Å². The molecule has 7 heteroatoms. The molecule has 0 bridgehead atoms. The lowest BCUT2D eigenvalue weighted by molar-refractivity contribution is -0.0282. The summed E-state index contributed by atoms with van der Waals surface area (Å²) in [6, 6.07) is 28.6. The molecule has 7 rings (SSSR count). The van der Waals surface area contributed by atoms with Gasteiger partial charge in [-0.3, -0.25) is 9.47 Å². The predicted molar refractivity (Wildman–Crippen MR) is 158 cm³/mol. The van der Waals surface area contributed by atoms with E-state index in [4.69, 9.17) is 15.7 Å². The van der Waals surface area contributed by atoms with Gasteiger partial charge in [-0.2, -0.15) is 0 Å². The smallest absolute Gasteiger partial charge is 0.165 e. The van der Waals surface area contributed by atoms with Crippen molar-refractivity contribution in [2.45, 2.75) is 26.3 Å². The van der Waals surface area contributed by atoms with Gasteiger partial charge < -0.3 is 11.1 Å². The van der Waals surface area contributed by atoms with E-state index in [-0.39, 0.29) is 0 Å². The minimum absolute atomic E-state index is 0.465. The summed E-state index contributed by atoms with van der Waals surface area (Å²) in [6.45, 7) is 7.77. The molecule has 39 heavy (non-hydrogen) atoms. The normalized spacial score (nSPS) is 16.4. The zero-order chi connectivity index (χ0) is 26.7. The Morgan fingerprint density at radius 2 is 1.54 bits per heavy atom. The molecule has 2 aromatic carbocycles. The van der Waals surface area contributed by atoms with Crippen LogP contribution in [-0.2, 0) is 6.54 Å². The number of imidazole rings is 1. The van der Waals surface area contributed by atoms with Gasteiger partial charge in [0.25, 0.3) is 0 Å². The second kappa shape index (κ2) is 11.0. The van der Waals surface area contributed by atoms with Crippen molar-refractivity contribution in [3.8, 4) is 17.1 Å². The zero-order valence-electron chi connectivity index (χ0n) is 22.4. The van der Waals surface area contributed by atoms with E-state index in [1.807, 2.05) is 67.6 Å². The van der Waals surface area contributed by atoms with E-state index in [2.05, 4.69) is 44.0 Å². The molecule has 3 aromatic heterocycles. The van der Waals surface area contributed by atoms with Crippen molar-refractivity contribution in [3.63, 3.8) is 0 Å². The second-order valence-electron chi connectivity index (χ2n) is 10.7. The van der Waals surface area contributed by atoms with Crippen molar-refractivity contribution < 1.29 is 0 Å². The number of fused-ring (bicyclic) bond motifs is 1. The highest BCUT2D eigenvalue weighted by molar-refractivity contribution is 5.82. The average Bonchev–Trinajstić information content (AvgIpc) is 3.33. The maximum absolute atomic E-state index is 6.22. The Kier molecular flexibility index (Phi) is 7.09. The molecule has 0 amide bonds. The summed E-state index contributed by atoms with van der Waals surface area (Å²) in [6.07, 6.45) is 4.32. The van der Waals surface area contributed by atoms with E-state index in [9.17, 15) is 0 Å². The molecular formula is C32H35N7. The van der Waals surface area contributed by atoms with E-state index in [0.717, 1.165) is 40.5 Å². The van der Waals surface area contributed by atoms with Gasteiger partial charge in [-0.1, -0.05) is 48.5 Å². The Hall–Kier alpha value is -4.07. The molecule has 5 aromatic rings. The van der Waals surface area contributed by atoms with Crippen molar-refractivity contribution in [2.24, 2.45) is 5.41 Å². The quantitative estimate of drug-likeness (QED) is 0.339. The molecule has 2 saturated heterocycles. The number of nitrogens with zero attached hydrogens (tertiary/aromatic N) is 5. The molecule has 2 aliphatic heterocycles. The van der Waals surface area contributed by atoms with Crippen molar-refractivity contribution >= 4 is 17.0 Å². The first-order valence-corrected chi connectivity index (χ1v) is 13.7. The predicted octanol–water partition coefficient (Wildman–Crippen LogP) is 5.25. The number of aryl methyl sites for hydroxylation is 1. The molecule has 3 N–H and O–H groups in total. The summed E-state index contributed by atoms with van der Waals surface area (Å²) in [5, 5.41) is 3.49. The number of aromatic nitrogens is 4. The molecule has 5 heterocycles. The summed E-state index contributed by atoms with van der Waals surface area (Å²) >= 11 is 0. The van der Waals surface area contributed by atoms with Gasteiger partial charge >= 0.3 is 0 Å². The number of nitrogens with one attached hydrogen (secondary N) is 1. The first-order chi connectivity index (χ1) is 19.1. The lowest BCUT2D eigenvalue weighted by atomic mass is 9.72. The third-order valence-corrected chi connectivity index (χ3v) is 7.77. The van der Waals surface area contributed by atoms with E-state index >= 15 is 0 Å². The van der Waals surface area contributed by atoms with E-state index < -0.39 is 0 Å². The summed E-state index contributed by atoms with van der Waals surface area (Å²) in [4.78, 5) is 16.5. The Morgan fingerprint density at radius 1 is 0.846 bits per heavy atom. The number of benzene rings is 2. The maximum atomic E-state index is 6.22. The fraction of sp³-hybridized carbons (Fsp3) is 0.281. The Labute approximate surface area is 229 Å².